The summed E-state index contributed by atoms with van der Waals surface area (Å²) < 4.78 is 116. The highest BCUT2D eigenvalue weighted by Crippen LogP contribution is 2.60. The molecule has 120 valence electrons. The van der Waals surface area contributed by atoms with Gasteiger partial charge in [0.25, 0.3) is 0 Å². The molecule has 0 aromatic rings. The maximum atomic E-state index is 12.4. The van der Waals surface area contributed by atoms with Crippen LogP contribution in [0.3, 0.4) is 0 Å². The van der Waals surface area contributed by atoms with Gasteiger partial charge in [0, 0.05) is 0 Å². The highest BCUT2D eigenvalue weighted by Gasteiger charge is 2.89. The van der Waals surface area contributed by atoms with E-state index in [-0.39, 0.29) is 6.42 Å². The lowest BCUT2D eigenvalue weighted by Crippen LogP contribution is -2.65. The molecular weight excluding hydrogens is 311 g/mol. The van der Waals surface area contributed by atoms with Crippen LogP contribution < -0.4 is 0 Å². The minimum absolute atomic E-state index is 0.255. The summed E-state index contributed by atoms with van der Waals surface area (Å²) in [6.07, 6.45) is -22.6. The summed E-state index contributed by atoms with van der Waals surface area (Å²) in [4.78, 5) is 11.0. The average Bonchev–Trinajstić information content (AvgIpc) is 2.10. The summed E-state index contributed by atoms with van der Waals surface area (Å²) in [6, 6.07) is 0. The molecule has 11 heteroatoms. The van der Waals surface area contributed by atoms with Crippen LogP contribution in [0.1, 0.15) is 20.3 Å². The number of hydrogen-bond donors (Lipinski definition) is 0. The lowest BCUT2D eigenvalue weighted by Gasteiger charge is -2.36. The lowest BCUT2D eigenvalue weighted by atomic mass is 9.85. The van der Waals surface area contributed by atoms with Crippen molar-refractivity contribution >= 4 is 5.97 Å². The van der Waals surface area contributed by atoms with E-state index in [2.05, 4.69) is 4.74 Å². The average molecular weight is 320 g/mol. The molecule has 0 aliphatic carbocycles. The van der Waals surface area contributed by atoms with E-state index in [1.54, 1.807) is 0 Å². The molecule has 0 N–H and O–H groups in total. The molecule has 0 aliphatic heterocycles. The number of carbonyl (C=O) groups is 1. The maximum absolute atomic E-state index is 12.4. The predicted octanol–water partition coefficient (Wildman–Crippen LogP) is 4.00. The van der Waals surface area contributed by atoms with E-state index in [1.165, 1.54) is 6.92 Å². The van der Waals surface area contributed by atoms with E-state index in [1.807, 2.05) is 0 Å². The van der Waals surface area contributed by atoms with Gasteiger partial charge < -0.3 is 4.74 Å². The molecule has 20 heavy (non-hydrogen) atoms. The van der Waals surface area contributed by atoms with Crippen molar-refractivity contribution in [1.82, 2.24) is 0 Å². The summed E-state index contributed by atoms with van der Waals surface area (Å²) in [5.74, 6) is -3.43. The molecular formula is C9H9F9O2. The van der Waals surface area contributed by atoms with E-state index in [4.69, 9.17) is 0 Å². The Hall–Kier alpha value is -1.16. The van der Waals surface area contributed by atoms with Crippen LogP contribution >= 0.6 is 0 Å². The lowest BCUT2D eigenvalue weighted by molar-refractivity contribution is -0.412. The Morgan fingerprint density at radius 1 is 0.900 bits per heavy atom. The van der Waals surface area contributed by atoms with Gasteiger partial charge in [-0.25, -0.2) is 0 Å². The Balaban J connectivity index is 6.13. The van der Waals surface area contributed by atoms with Crippen LogP contribution in [0.25, 0.3) is 0 Å². The molecule has 0 bridgehead atoms. The van der Waals surface area contributed by atoms with Crippen molar-refractivity contribution in [2.75, 3.05) is 0 Å². The van der Waals surface area contributed by atoms with E-state index in [9.17, 15) is 44.3 Å². The second-order valence-electron chi connectivity index (χ2n) is 3.87. The van der Waals surface area contributed by atoms with Crippen LogP contribution in [0, 0.1) is 5.41 Å². The zero-order valence-electron chi connectivity index (χ0n) is 10.0. The molecule has 0 radical (unpaired) electrons. The standard InChI is InChI=1S/C9H9F9O2/c1-3-4(2)20-5(19)6(7(10,11)12,8(13,14)15)9(16,17)18/h4H,3H2,1-2H3/t4-/m1/s1. The first kappa shape index (κ1) is 18.8. The number of ether oxygens (including phenoxy) is 1. The van der Waals surface area contributed by atoms with Crippen LogP contribution in [-0.4, -0.2) is 30.6 Å². The molecule has 0 saturated heterocycles. The maximum Gasteiger partial charge on any atom is 0.422 e. The van der Waals surface area contributed by atoms with Gasteiger partial charge in [0.05, 0.1) is 6.10 Å². The minimum Gasteiger partial charge on any atom is -0.462 e. The molecule has 0 heterocycles. The third-order valence-electron chi connectivity index (χ3n) is 2.46. The first-order valence-corrected chi connectivity index (χ1v) is 5.04. The Labute approximate surface area is 106 Å². The first-order chi connectivity index (χ1) is 8.63. The fraction of sp³-hybridized carbons (Fsp3) is 0.889. The summed E-state index contributed by atoms with van der Waals surface area (Å²) >= 11 is 0. The summed E-state index contributed by atoms with van der Waals surface area (Å²) in [6.45, 7) is 2.07. The molecule has 0 spiro atoms. The summed E-state index contributed by atoms with van der Waals surface area (Å²) in [7, 11) is 0. The molecule has 1 atom stereocenters. The van der Waals surface area contributed by atoms with E-state index < -0.39 is 36.0 Å². The molecule has 0 fully saturated rings. The van der Waals surface area contributed by atoms with Gasteiger partial charge in [-0.3, -0.25) is 4.79 Å². The first-order valence-electron chi connectivity index (χ1n) is 5.04. The van der Waals surface area contributed by atoms with E-state index >= 15 is 0 Å². The zero-order chi connectivity index (χ0) is 16.6. The number of esters is 1. The van der Waals surface area contributed by atoms with Crippen molar-refractivity contribution in [2.24, 2.45) is 5.41 Å². The van der Waals surface area contributed by atoms with Crippen LogP contribution in [-0.2, 0) is 9.53 Å². The van der Waals surface area contributed by atoms with Crippen LogP contribution in [0.15, 0.2) is 0 Å². The van der Waals surface area contributed by atoms with Gasteiger partial charge in [-0.1, -0.05) is 6.92 Å². The fourth-order valence-electron chi connectivity index (χ4n) is 1.18. The normalized spacial score (nSPS) is 15.9. The second kappa shape index (κ2) is 5.32. The molecule has 0 amide bonds. The van der Waals surface area contributed by atoms with Gasteiger partial charge in [-0.15, -0.1) is 0 Å². The second-order valence-corrected chi connectivity index (χ2v) is 3.87. The van der Waals surface area contributed by atoms with Crippen LogP contribution in [0.5, 0.6) is 0 Å². The van der Waals surface area contributed by atoms with Gasteiger partial charge in [0.1, 0.15) is 0 Å². The quantitative estimate of drug-likeness (QED) is 0.580. The number of alkyl halides is 9. The molecule has 0 rings (SSSR count). The third-order valence-corrected chi connectivity index (χ3v) is 2.46. The largest absolute Gasteiger partial charge is 0.462 e. The minimum atomic E-state index is -6.94. The Kier molecular flexibility index (Phi) is 5.01. The summed E-state index contributed by atoms with van der Waals surface area (Å²) in [5, 5.41) is 0. The molecule has 0 aliphatic rings. The predicted molar refractivity (Wildman–Crippen MR) is 46.4 cm³/mol. The van der Waals surface area contributed by atoms with E-state index in [0.29, 0.717) is 0 Å². The van der Waals surface area contributed by atoms with Crippen molar-refractivity contribution in [3.8, 4) is 0 Å². The topological polar surface area (TPSA) is 26.3 Å². The monoisotopic (exact) mass is 320 g/mol. The Morgan fingerprint density at radius 3 is 1.40 bits per heavy atom. The van der Waals surface area contributed by atoms with Crippen molar-refractivity contribution in [3.63, 3.8) is 0 Å². The van der Waals surface area contributed by atoms with Crippen molar-refractivity contribution in [2.45, 2.75) is 44.9 Å². The third kappa shape index (κ3) is 2.95. The number of carbonyl (C=O) groups excluding carboxylic acids is 1. The van der Waals surface area contributed by atoms with Gasteiger partial charge in [0.2, 0.25) is 0 Å². The van der Waals surface area contributed by atoms with Gasteiger partial charge in [0.15, 0.2) is 0 Å². The molecule has 2 nitrogen and oxygen atoms in total. The van der Waals surface area contributed by atoms with Crippen LogP contribution in [0.2, 0.25) is 0 Å². The van der Waals surface area contributed by atoms with Gasteiger partial charge in [-0.2, -0.15) is 39.5 Å². The van der Waals surface area contributed by atoms with Crippen molar-refractivity contribution < 1.29 is 49.0 Å². The van der Waals surface area contributed by atoms with Gasteiger partial charge >= 0.3 is 29.9 Å². The summed E-state index contributed by atoms with van der Waals surface area (Å²) in [5.41, 5.74) is -6.56. The molecule has 0 aromatic carbocycles. The molecule has 0 unspecified atom stereocenters. The number of rotatable bonds is 3. The highest BCUT2D eigenvalue weighted by molar-refractivity contribution is 5.80. The van der Waals surface area contributed by atoms with Crippen molar-refractivity contribution in [1.29, 1.82) is 0 Å². The van der Waals surface area contributed by atoms with Crippen molar-refractivity contribution in [3.05, 3.63) is 0 Å². The SMILES string of the molecule is CC[C@@H](C)OC(=O)C(C(F)(F)F)(C(F)(F)F)C(F)(F)F. The van der Waals surface area contributed by atoms with E-state index in [0.717, 1.165) is 6.92 Å². The van der Waals surface area contributed by atoms with Crippen LogP contribution in [0.4, 0.5) is 39.5 Å². The number of halogens is 9. The van der Waals surface area contributed by atoms with Gasteiger partial charge in [-0.05, 0) is 13.3 Å². The smallest absolute Gasteiger partial charge is 0.422 e. The number of hydrogen-bond acceptors (Lipinski definition) is 2. The molecule has 0 saturated carbocycles. The zero-order valence-corrected chi connectivity index (χ0v) is 10.0. The Morgan fingerprint density at radius 2 is 1.20 bits per heavy atom. The highest BCUT2D eigenvalue weighted by atomic mass is 19.4. The fourth-order valence-corrected chi connectivity index (χ4v) is 1.18. The Bertz CT molecular complexity index is 316. The molecule has 0 aromatic heterocycles.